The maximum Gasteiger partial charge on any atom is 0.230 e. The summed E-state index contributed by atoms with van der Waals surface area (Å²) in [7, 11) is 5.50. The molecule has 0 aromatic heterocycles. The third-order valence-electron chi connectivity index (χ3n) is 9.25. The highest BCUT2D eigenvalue weighted by Crippen LogP contribution is 2.54. The van der Waals surface area contributed by atoms with Gasteiger partial charge in [0.05, 0.1) is 18.8 Å². The van der Waals surface area contributed by atoms with Gasteiger partial charge in [-0.05, 0) is 79.6 Å². The van der Waals surface area contributed by atoms with Crippen LogP contribution in [0.4, 0.5) is 0 Å². The zero-order chi connectivity index (χ0) is 31.8. The van der Waals surface area contributed by atoms with Gasteiger partial charge in [-0.25, -0.2) is 0 Å². The molecular formula is C33H40N2O8. The van der Waals surface area contributed by atoms with E-state index < -0.39 is 58.1 Å². The van der Waals surface area contributed by atoms with Crippen LogP contribution in [-0.2, 0) is 28.0 Å². The molecule has 10 heteroatoms. The van der Waals surface area contributed by atoms with E-state index in [-0.39, 0.29) is 36.1 Å². The van der Waals surface area contributed by atoms with Crippen molar-refractivity contribution in [1.29, 1.82) is 0 Å². The van der Waals surface area contributed by atoms with Gasteiger partial charge in [0.2, 0.25) is 5.91 Å². The second kappa shape index (κ2) is 10.5. The summed E-state index contributed by atoms with van der Waals surface area (Å²) in [6.07, 6.45) is -1.28. The van der Waals surface area contributed by atoms with E-state index in [4.69, 9.17) is 10.5 Å². The van der Waals surface area contributed by atoms with Crippen molar-refractivity contribution in [2.24, 2.45) is 23.5 Å². The lowest BCUT2D eigenvalue weighted by molar-refractivity contribution is -0.167. The van der Waals surface area contributed by atoms with Gasteiger partial charge in [0.15, 0.2) is 17.2 Å². The van der Waals surface area contributed by atoms with Gasteiger partial charge in [0.1, 0.15) is 23.2 Å². The van der Waals surface area contributed by atoms with Crippen molar-refractivity contribution in [2.45, 2.75) is 63.7 Å². The predicted molar refractivity (Wildman–Crippen MR) is 159 cm³/mol. The smallest absolute Gasteiger partial charge is 0.230 e. The Morgan fingerprint density at radius 1 is 1.12 bits per heavy atom. The van der Waals surface area contributed by atoms with Crippen molar-refractivity contribution in [2.75, 3.05) is 21.2 Å². The van der Waals surface area contributed by atoms with Crippen LogP contribution in [-0.4, -0.2) is 75.7 Å². The highest BCUT2D eigenvalue weighted by molar-refractivity contribution is 6.16. The number of rotatable bonds is 5. The molecule has 1 fully saturated rings. The molecule has 2 aromatic carbocycles. The van der Waals surface area contributed by atoms with Crippen LogP contribution in [0, 0.1) is 17.8 Å². The number of phenols is 1. The summed E-state index contributed by atoms with van der Waals surface area (Å²) >= 11 is 0. The minimum atomic E-state index is -2.55. The summed E-state index contributed by atoms with van der Waals surface area (Å²) in [4.78, 5) is 41.7. The quantitative estimate of drug-likeness (QED) is 0.328. The summed E-state index contributed by atoms with van der Waals surface area (Å²) in [6, 6.07) is 7.73. The average Bonchev–Trinajstić information content (AvgIpc) is 2.89. The number of fused-ring (bicyclic) bond motifs is 3. The molecule has 0 spiro atoms. The van der Waals surface area contributed by atoms with Crippen LogP contribution in [0.1, 0.15) is 60.7 Å². The number of Topliss-reactive ketones (excluding diaryl/α,β-unsaturated/α-hetero) is 2. The van der Waals surface area contributed by atoms with Crippen LogP contribution in [0.5, 0.6) is 11.5 Å². The van der Waals surface area contributed by atoms with Crippen molar-refractivity contribution in [3.05, 3.63) is 57.9 Å². The van der Waals surface area contributed by atoms with E-state index in [2.05, 4.69) is 0 Å². The lowest BCUT2D eigenvalue weighted by Gasteiger charge is -2.48. The number of aromatic hydroxyl groups is 1. The van der Waals surface area contributed by atoms with E-state index in [0.29, 0.717) is 29.0 Å². The molecule has 2 unspecified atom stereocenters. The Labute approximate surface area is 250 Å². The SMILES string of the molecule is COc1ccc(CN(C)C)cc1-c1cc(C(C)(C)C)c(O)c2c1C[C@H]1C[C@H]3CC(O)C(C(N)=O)C(=O)[C@@]3(O)C(O)=C1C2=O. The van der Waals surface area contributed by atoms with Crippen LogP contribution in [0.15, 0.2) is 35.6 Å². The second-order valence-corrected chi connectivity index (χ2v) is 13.4. The molecule has 0 bridgehead atoms. The molecule has 6 N–H and O–H groups in total. The van der Waals surface area contributed by atoms with Gasteiger partial charge in [-0.2, -0.15) is 0 Å². The number of primary amides is 1. The third kappa shape index (κ3) is 4.72. The molecule has 230 valence electrons. The number of ketones is 2. The van der Waals surface area contributed by atoms with Crippen LogP contribution in [0.2, 0.25) is 0 Å². The fraction of sp³-hybridized carbons (Fsp3) is 0.485. The van der Waals surface area contributed by atoms with Crippen LogP contribution in [0.25, 0.3) is 11.1 Å². The third-order valence-corrected chi connectivity index (χ3v) is 9.25. The Balaban J connectivity index is 1.77. The van der Waals surface area contributed by atoms with Gasteiger partial charge in [-0.3, -0.25) is 14.4 Å². The van der Waals surface area contributed by atoms with Crippen LogP contribution in [0.3, 0.4) is 0 Å². The normalized spacial score (nSPS) is 27.1. The molecule has 5 rings (SSSR count). The molecule has 43 heavy (non-hydrogen) atoms. The maximum absolute atomic E-state index is 14.3. The van der Waals surface area contributed by atoms with Crippen molar-refractivity contribution >= 4 is 17.5 Å². The predicted octanol–water partition coefficient (Wildman–Crippen LogP) is 2.78. The number of aliphatic hydroxyl groups excluding tert-OH is 2. The first-order valence-corrected chi connectivity index (χ1v) is 14.5. The Morgan fingerprint density at radius 3 is 2.37 bits per heavy atom. The molecule has 1 amide bonds. The van der Waals surface area contributed by atoms with Crippen molar-refractivity contribution < 1.29 is 39.5 Å². The van der Waals surface area contributed by atoms with Gasteiger partial charge in [0, 0.05) is 29.2 Å². The first kappa shape index (κ1) is 30.7. The van der Waals surface area contributed by atoms with E-state index in [1.165, 1.54) is 0 Å². The molecule has 3 aliphatic carbocycles. The van der Waals surface area contributed by atoms with E-state index in [0.717, 1.165) is 11.1 Å². The molecule has 3 aliphatic rings. The number of methoxy groups -OCH3 is 1. The Morgan fingerprint density at radius 2 is 1.79 bits per heavy atom. The number of carbonyl (C=O) groups excluding carboxylic acids is 3. The molecule has 10 nitrogen and oxygen atoms in total. The standard InChI is InChI=1S/C33H40N2O8/c1-32(2,3)21-13-18(19-9-15(14-35(4)5)7-8-23(19)43-6)20-11-16-10-17-12-22(36)26(31(34)41)30(40)33(17,42)29(39)24(16)28(38)25(20)27(21)37/h7-9,13,16-17,22,26,36-37,39,42H,10-12,14H2,1-6H3,(H2,34,41)/t16-,17+,22?,26?,33+/m1/s1. The number of ether oxygens (including phenoxy) is 1. The monoisotopic (exact) mass is 592 g/mol. The molecular weight excluding hydrogens is 552 g/mol. The number of nitrogens with zero attached hydrogens (tertiary/aromatic N) is 1. The first-order valence-electron chi connectivity index (χ1n) is 14.5. The summed E-state index contributed by atoms with van der Waals surface area (Å²) in [6.45, 7) is 6.40. The Kier molecular flexibility index (Phi) is 7.48. The minimum Gasteiger partial charge on any atom is -0.508 e. The number of hydrogen-bond donors (Lipinski definition) is 5. The van der Waals surface area contributed by atoms with Gasteiger partial charge in [-0.15, -0.1) is 0 Å². The number of allylic oxidation sites excluding steroid dienone is 1. The number of nitrogens with two attached hydrogens (primary N) is 1. The van der Waals surface area contributed by atoms with Gasteiger partial charge >= 0.3 is 0 Å². The molecule has 0 radical (unpaired) electrons. The number of phenolic OH excluding ortho intramolecular Hbond substituents is 1. The topological polar surface area (TPSA) is 171 Å². The molecule has 0 aliphatic heterocycles. The molecule has 1 saturated carbocycles. The lowest BCUT2D eigenvalue weighted by Crippen LogP contribution is -2.63. The van der Waals surface area contributed by atoms with Crippen LogP contribution >= 0.6 is 0 Å². The van der Waals surface area contributed by atoms with E-state index >= 15 is 0 Å². The van der Waals surface area contributed by atoms with Crippen LogP contribution < -0.4 is 10.5 Å². The van der Waals surface area contributed by atoms with Crippen molar-refractivity contribution in [3.63, 3.8) is 0 Å². The Hall–Kier alpha value is -3.73. The maximum atomic E-state index is 14.3. The zero-order valence-electron chi connectivity index (χ0n) is 25.4. The molecule has 0 saturated heterocycles. The van der Waals surface area contributed by atoms with E-state index in [1.807, 2.05) is 64.0 Å². The zero-order valence-corrected chi connectivity index (χ0v) is 25.4. The molecule has 2 aromatic rings. The fourth-order valence-corrected chi connectivity index (χ4v) is 7.24. The number of amides is 1. The largest absolute Gasteiger partial charge is 0.508 e. The fourth-order valence-electron chi connectivity index (χ4n) is 7.24. The summed E-state index contributed by atoms with van der Waals surface area (Å²) in [5.41, 5.74) is 5.59. The highest BCUT2D eigenvalue weighted by atomic mass is 16.5. The number of carbonyl (C=O) groups is 3. The Bertz CT molecular complexity index is 1570. The van der Waals surface area contributed by atoms with Crippen molar-refractivity contribution in [3.8, 4) is 22.6 Å². The highest BCUT2D eigenvalue weighted by Gasteiger charge is 2.62. The van der Waals surface area contributed by atoms with Gasteiger partial charge in [0.25, 0.3) is 0 Å². The first-order chi connectivity index (χ1) is 20.0. The average molecular weight is 593 g/mol. The van der Waals surface area contributed by atoms with E-state index in [1.54, 1.807) is 7.11 Å². The van der Waals surface area contributed by atoms with Gasteiger partial charge in [-0.1, -0.05) is 26.8 Å². The summed E-state index contributed by atoms with van der Waals surface area (Å²) < 4.78 is 5.75. The molecule has 5 atom stereocenters. The second-order valence-electron chi connectivity index (χ2n) is 13.4. The molecule has 0 heterocycles. The lowest BCUT2D eigenvalue weighted by atomic mass is 9.57. The summed E-state index contributed by atoms with van der Waals surface area (Å²) in [5, 5.41) is 45.3. The van der Waals surface area contributed by atoms with Gasteiger partial charge < -0.3 is 35.8 Å². The summed E-state index contributed by atoms with van der Waals surface area (Å²) in [5.74, 6) is -6.70. The van der Waals surface area contributed by atoms with Crippen molar-refractivity contribution in [1.82, 2.24) is 4.90 Å². The number of aliphatic hydroxyl groups is 3. The van der Waals surface area contributed by atoms with E-state index in [9.17, 15) is 34.8 Å². The number of hydrogen-bond acceptors (Lipinski definition) is 9. The number of benzene rings is 2. The minimum absolute atomic E-state index is 0.00270.